The number of fused-ring (bicyclic) bond motifs is 1. The largest absolute Gasteiger partial charge is 0.543 e. The van der Waals surface area contributed by atoms with E-state index in [0.29, 0.717) is 29.0 Å². The number of nitrogens with zero attached hydrogens (tertiary/aromatic N) is 1. The van der Waals surface area contributed by atoms with Gasteiger partial charge in [0.25, 0.3) is 8.32 Å². The molecule has 1 aliphatic rings. The number of benzene rings is 3. The summed E-state index contributed by atoms with van der Waals surface area (Å²) < 4.78 is 11.5. The van der Waals surface area contributed by atoms with Crippen LogP contribution in [0, 0.1) is 0 Å². The number of esters is 1. The van der Waals surface area contributed by atoms with Crippen LogP contribution >= 0.6 is 0 Å². The molecule has 0 saturated heterocycles. The number of hydrogen-bond donors (Lipinski definition) is 0. The van der Waals surface area contributed by atoms with Crippen molar-refractivity contribution in [2.45, 2.75) is 45.3 Å². The van der Waals surface area contributed by atoms with Crippen molar-refractivity contribution in [1.82, 2.24) is 0 Å². The fourth-order valence-electron chi connectivity index (χ4n) is 4.16. The van der Waals surface area contributed by atoms with Gasteiger partial charge in [-0.3, -0.25) is 4.79 Å². The van der Waals surface area contributed by atoms with Crippen LogP contribution in [-0.4, -0.2) is 33.7 Å². The minimum absolute atomic E-state index is 0.00354. The van der Waals surface area contributed by atoms with Crippen molar-refractivity contribution < 1.29 is 18.8 Å². The van der Waals surface area contributed by atoms with Gasteiger partial charge in [0.2, 0.25) is 0 Å². The van der Waals surface area contributed by atoms with Crippen molar-refractivity contribution in [3.8, 4) is 5.75 Å². The molecule has 192 valence electrons. The first kappa shape index (κ1) is 26.4. The van der Waals surface area contributed by atoms with Crippen LogP contribution < -0.4 is 9.33 Å². The molecule has 0 spiro atoms. The van der Waals surface area contributed by atoms with E-state index in [1.165, 1.54) is 7.11 Å². The van der Waals surface area contributed by atoms with Gasteiger partial charge in [0.15, 0.2) is 5.78 Å². The van der Waals surface area contributed by atoms with Gasteiger partial charge in [0.05, 0.1) is 18.2 Å². The average molecular weight is 514 g/mol. The molecule has 6 heteroatoms. The van der Waals surface area contributed by atoms with Gasteiger partial charge in [-0.1, -0.05) is 63.2 Å². The quantitative estimate of drug-likeness (QED) is 0.145. The zero-order valence-electron chi connectivity index (χ0n) is 22.5. The number of carbonyl (C=O) groups excluding carboxylic acids is 2. The van der Waals surface area contributed by atoms with Crippen LogP contribution in [0.15, 0.2) is 79.0 Å². The highest BCUT2D eigenvalue weighted by Gasteiger charge is 2.39. The second kappa shape index (κ2) is 10.4. The van der Waals surface area contributed by atoms with Crippen molar-refractivity contribution in [1.29, 1.82) is 0 Å². The lowest BCUT2D eigenvalue weighted by molar-refractivity contribution is 0.0600. The molecule has 0 fully saturated rings. The number of Topliss-reactive ketones (excluding diaryl/α,β-unsaturated/α-hetero) is 1. The van der Waals surface area contributed by atoms with E-state index in [2.05, 4.69) is 38.8 Å². The molecule has 1 aliphatic heterocycles. The van der Waals surface area contributed by atoms with E-state index in [1.807, 2.05) is 72.9 Å². The third-order valence-electron chi connectivity index (χ3n) is 7.35. The number of allylic oxidation sites excluding steroid dienone is 1. The SMILES string of the molecule is COC(=O)c1ccc2c(c1)CCN2/C=C(/C(=O)c1ccccc1O[Si](C)(C)C(C)(C)C)c1ccccc1. The Morgan fingerprint density at radius 3 is 2.27 bits per heavy atom. The third kappa shape index (κ3) is 5.54. The maximum Gasteiger partial charge on any atom is 0.337 e. The lowest BCUT2D eigenvalue weighted by Crippen LogP contribution is -2.44. The van der Waals surface area contributed by atoms with E-state index in [1.54, 1.807) is 6.07 Å². The van der Waals surface area contributed by atoms with Gasteiger partial charge in [0, 0.05) is 24.0 Å². The lowest BCUT2D eigenvalue weighted by Gasteiger charge is -2.37. The second-order valence-corrected chi connectivity index (χ2v) is 15.6. The summed E-state index contributed by atoms with van der Waals surface area (Å²) in [5, 5.41) is 0.00354. The van der Waals surface area contributed by atoms with Crippen LogP contribution in [-0.2, 0) is 11.2 Å². The first-order valence-corrected chi connectivity index (χ1v) is 15.5. The van der Waals surface area contributed by atoms with E-state index in [0.717, 1.165) is 23.2 Å². The van der Waals surface area contributed by atoms with Crippen molar-refractivity contribution in [3.63, 3.8) is 0 Å². The molecule has 0 saturated carbocycles. The van der Waals surface area contributed by atoms with Gasteiger partial charge in [0.1, 0.15) is 5.75 Å². The molecule has 0 aromatic heterocycles. The number of rotatable bonds is 7. The monoisotopic (exact) mass is 513 g/mol. The molecule has 4 rings (SSSR count). The molecule has 0 unspecified atom stereocenters. The van der Waals surface area contributed by atoms with Crippen LogP contribution in [0.25, 0.3) is 5.57 Å². The van der Waals surface area contributed by atoms with E-state index in [9.17, 15) is 9.59 Å². The molecule has 0 atom stereocenters. The second-order valence-electron chi connectivity index (χ2n) is 10.9. The summed E-state index contributed by atoms with van der Waals surface area (Å²) in [6.45, 7) is 11.7. The first-order valence-electron chi connectivity index (χ1n) is 12.6. The predicted octanol–water partition coefficient (Wildman–Crippen LogP) is 7.14. The van der Waals surface area contributed by atoms with Crippen molar-refractivity contribution in [2.24, 2.45) is 0 Å². The average Bonchev–Trinajstić information content (AvgIpc) is 3.28. The molecule has 0 aliphatic carbocycles. The number of ether oxygens (including phenoxy) is 1. The maximum atomic E-state index is 14.2. The number of carbonyl (C=O) groups is 2. The fraction of sp³-hybridized carbons (Fsp3) is 0.290. The van der Waals surface area contributed by atoms with E-state index >= 15 is 0 Å². The Hall–Kier alpha value is -3.64. The number of anilines is 1. The van der Waals surface area contributed by atoms with E-state index in [4.69, 9.17) is 9.16 Å². The Morgan fingerprint density at radius 2 is 1.59 bits per heavy atom. The van der Waals surface area contributed by atoms with Gasteiger partial charge in [-0.05, 0) is 66.0 Å². The number of para-hydroxylation sites is 1. The fourth-order valence-corrected chi connectivity index (χ4v) is 5.19. The van der Waals surface area contributed by atoms with Gasteiger partial charge in [-0.2, -0.15) is 0 Å². The molecule has 1 heterocycles. The summed E-state index contributed by atoms with van der Waals surface area (Å²) >= 11 is 0. The number of ketones is 1. The first-order chi connectivity index (χ1) is 17.5. The van der Waals surface area contributed by atoms with Crippen LogP contribution in [0.4, 0.5) is 5.69 Å². The van der Waals surface area contributed by atoms with Crippen LogP contribution in [0.3, 0.4) is 0 Å². The minimum Gasteiger partial charge on any atom is -0.543 e. The summed E-state index contributed by atoms with van der Waals surface area (Å²) in [6, 6.07) is 22.9. The molecule has 37 heavy (non-hydrogen) atoms. The smallest absolute Gasteiger partial charge is 0.337 e. The van der Waals surface area contributed by atoms with E-state index < -0.39 is 8.32 Å². The van der Waals surface area contributed by atoms with Crippen molar-refractivity contribution in [2.75, 3.05) is 18.6 Å². The van der Waals surface area contributed by atoms with Gasteiger partial charge >= 0.3 is 5.97 Å². The lowest BCUT2D eigenvalue weighted by atomic mass is 9.96. The molecule has 0 N–H and O–H groups in total. The highest BCUT2D eigenvalue weighted by Crippen LogP contribution is 2.39. The minimum atomic E-state index is -2.16. The van der Waals surface area contributed by atoms with Crippen LogP contribution in [0.5, 0.6) is 5.75 Å². The summed E-state index contributed by atoms with van der Waals surface area (Å²) in [5.74, 6) is 0.195. The zero-order chi connectivity index (χ0) is 26.8. The highest BCUT2D eigenvalue weighted by atomic mass is 28.4. The number of hydrogen-bond acceptors (Lipinski definition) is 5. The number of methoxy groups -OCH3 is 1. The Bertz CT molecular complexity index is 1340. The Morgan fingerprint density at radius 1 is 0.919 bits per heavy atom. The molecule has 5 nitrogen and oxygen atoms in total. The van der Waals surface area contributed by atoms with Crippen LogP contribution in [0.2, 0.25) is 18.1 Å². The Labute approximate surface area is 220 Å². The summed E-state index contributed by atoms with van der Waals surface area (Å²) in [6.07, 6.45) is 2.71. The normalized spacial score (nSPS) is 13.8. The molecule has 3 aromatic carbocycles. The zero-order valence-corrected chi connectivity index (χ0v) is 23.5. The maximum absolute atomic E-state index is 14.2. The molecular formula is C31H35NO4Si. The molecule has 0 amide bonds. The van der Waals surface area contributed by atoms with Gasteiger partial charge in [-0.15, -0.1) is 0 Å². The standard InChI is InChI=1S/C31H35NO4Si/c1-31(2,3)37(5,6)36-28-15-11-10-14-25(28)29(33)26(22-12-8-7-9-13-22)21-32-19-18-23-20-24(30(34)35-4)16-17-27(23)32/h7-17,20-21H,18-19H2,1-6H3/b26-21+. The molecule has 0 radical (unpaired) electrons. The topological polar surface area (TPSA) is 55.8 Å². The van der Waals surface area contributed by atoms with E-state index in [-0.39, 0.29) is 16.8 Å². The van der Waals surface area contributed by atoms with Crippen molar-refractivity contribution in [3.05, 3.63) is 101 Å². The summed E-state index contributed by atoms with van der Waals surface area (Å²) in [4.78, 5) is 28.2. The summed E-state index contributed by atoms with van der Waals surface area (Å²) in [5.41, 5.74) is 4.57. The molecule has 3 aromatic rings. The Balaban J connectivity index is 1.76. The van der Waals surface area contributed by atoms with Gasteiger partial charge < -0.3 is 14.1 Å². The van der Waals surface area contributed by atoms with Crippen LogP contribution in [0.1, 0.15) is 52.6 Å². The van der Waals surface area contributed by atoms with Gasteiger partial charge in [-0.25, -0.2) is 4.79 Å². The molecular weight excluding hydrogens is 478 g/mol. The Kier molecular flexibility index (Phi) is 7.41. The summed E-state index contributed by atoms with van der Waals surface area (Å²) in [7, 11) is -0.774. The third-order valence-corrected chi connectivity index (χ3v) is 11.7. The highest BCUT2D eigenvalue weighted by molar-refractivity contribution is 6.74. The molecule has 0 bridgehead atoms. The van der Waals surface area contributed by atoms with Crippen molar-refractivity contribution >= 4 is 31.3 Å². The predicted molar refractivity (Wildman–Crippen MR) is 152 cm³/mol.